The van der Waals surface area contributed by atoms with Gasteiger partial charge in [0.1, 0.15) is 0 Å². The van der Waals surface area contributed by atoms with Crippen molar-refractivity contribution in [2.45, 2.75) is 187 Å². The van der Waals surface area contributed by atoms with Gasteiger partial charge < -0.3 is 15.1 Å². The summed E-state index contributed by atoms with van der Waals surface area (Å²) >= 11 is 0. The first-order valence-electron chi connectivity index (χ1n) is 19.4. The smallest absolute Gasteiger partial charge is 0.225 e. The number of hydrogen-bond donors (Lipinski definition) is 1. The van der Waals surface area contributed by atoms with E-state index in [1.807, 2.05) is 0 Å². The fraction of sp³-hybridized carbons (Fsp3) is 0.897. The number of unbranched alkanes of at least 4 members (excludes halogenated alkanes) is 20. The molecule has 5 nitrogen and oxygen atoms in total. The number of nitrogens with one attached hydrogen (secondary N) is 1. The van der Waals surface area contributed by atoms with E-state index in [0.717, 1.165) is 38.8 Å². The Morgan fingerprint density at radius 3 is 1.70 bits per heavy atom. The van der Waals surface area contributed by atoms with Crippen molar-refractivity contribution in [3.63, 3.8) is 0 Å². The number of allylic oxidation sites excluding steroid dienone is 2. The van der Waals surface area contributed by atoms with E-state index >= 15 is 0 Å². The van der Waals surface area contributed by atoms with Crippen LogP contribution in [0, 0.1) is 5.92 Å². The molecule has 0 spiro atoms. The quantitative estimate of drug-likeness (QED) is 0.0622. The lowest BCUT2D eigenvalue weighted by Crippen LogP contribution is -2.42. The first-order chi connectivity index (χ1) is 21.5. The van der Waals surface area contributed by atoms with E-state index in [1.54, 1.807) is 0 Å². The molecule has 5 heteroatoms. The van der Waals surface area contributed by atoms with Crippen molar-refractivity contribution in [1.29, 1.82) is 0 Å². The minimum atomic E-state index is -0.176. The molecule has 0 saturated carbocycles. The lowest BCUT2D eigenvalue weighted by atomic mass is 9.93. The minimum absolute atomic E-state index is 0.0871. The maximum Gasteiger partial charge on any atom is 0.225 e. The molecule has 2 atom stereocenters. The van der Waals surface area contributed by atoms with Crippen molar-refractivity contribution in [2.75, 3.05) is 33.7 Å². The van der Waals surface area contributed by atoms with Crippen LogP contribution in [-0.4, -0.2) is 61.4 Å². The first-order valence-corrected chi connectivity index (χ1v) is 19.4. The third-order valence-electron chi connectivity index (χ3n) is 9.51. The fourth-order valence-corrected chi connectivity index (χ4v) is 6.69. The molecule has 2 amide bonds. The average molecular weight is 618 g/mol. The SMILES string of the molecule is CCCCCCCC/C=C\CCCCCCCCN1C(=O)C[C@H](C(=O)NCCCN(C)C)[C@H]1CCCCCCCCCCC. The van der Waals surface area contributed by atoms with Crippen molar-refractivity contribution in [3.8, 4) is 0 Å². The number of carbonyl (C=O) groups is 2. The second kappa shape index (κ2) is 29.1. The molecule has 1 fully saturated rings. The average Bonchev–Trinajstić information content (AvgIpc) is 3.32. The molecule has 0 aromatic heterocycles. The summed E-state index contributed by atoms with van der Waals surface area (Å²) in [6.07, 6.45) is 36.9. The second-order valence-electron chi connectivity index (χ2n) is 14.0. The Balaban J connectivity index is 2.33. The van der Waals surface area contributed by atoms with Crippen LogP contribution >= 0.6 is 0 Å². The van der Waals surface area contributed by atoms with Gasteiger partial charge in [0, 0.05) is 25.6 Å². The molecular formula is C39H75N3O2. The van der Waals surface area contributed by atoms with Crippen LogP contribution in [0.2, 0.25) is 0 Å². The Labute approximate surface area is 274 Å². The van der Waals surface area contributed by atoms with Crippen molar-refractivity contribution in [1.82, 2.24) is 15.1 Å². The number of hydrogen-bond acceptors (Lipinski definition) is 3. The number of amides is 2. The van der Waals surface area contributed by atoms with Gasteiger partial charge in [0.25, 0.3) is 0 Å². The Morgan fingerprint density at radius 1 is 0.705 bits per heavy atom. The summed E-state index contributed by atoms with van der Waals surface area (Å²) in [5.41, 5.74) is 0. The van der Waals surface area contributed by atoms with Gasteiger partial charge in [-0.3, -0.25) is 9.59 Å². The molecule has 1 heterocycles. The van der Waals surface area contributed by atoms with Crippen LogP contribution in [0.1, 0.15) is 181 Å². The van der Waals surface area contributed by atoms with Crippen molar-refractivity contribution >= 4 is 11.8 Å². The van der Waals surface area contributed by atoms with E-state index in [0.29, 0.717) is 13.0 Å². The van der Waals surface area contributed by atoms with Gasteiger partial charge >= 0.3 is 0 Å². The van der Waals surface area contributed by atoms with Crippen LogP contribution in [0.15, 0.2) is 12.2 Å². The summed E-state index contributed by atoms with van der Waals surface area (Å²) in [6, 6.07) is 0.0871. The topological polar surface area (TPSA) is 52.7 Å². The zero-order chi connectivity index (χ0) is 32.1. The molecule has 1 aliphatic rings. The lowest BCUT2D eigenvalue weighted by Gasteiger charge is -2.28. The molecule has 0 bridgehead atoms. The Kier molecular flexibility index (Phi) is 26.9. The molecule has 1 aliphatic heterocycles. The van der Waals surface area contributed by atoms with Crippen molar-refractivity contribution in [2.24, 2.45) is 5.92 Å². The molecule has 44 heavy (non-hydrogen) atoms. The predicted molar refractivity (Wildman–Crippen MR) is 191 cm³/mol. The first kappa shape index (κ1) is 40.7. The van der Waals surface area contributed by atoms with E-state index in [1.165, 1.54) is 135 Å². The third-order valence-corrected chi connectivity index (χ3v) is 9.51. The van der Waals surface area contributed by atoms with Crippen molar-refractivity contribution < 1.29 is 9.59 Å². The summed E-state index contributed by atoms with van der Waals surface area (Å²) in [5, 5.41) is 3.16. The standard InChI is InChI=1S/C39H75N3O2/c1-5-7-9-11-13-15-16-17-18-19-20-21-23-25-27-29-34-42-37(31-28-26-24-22-14-12-10-8-6-2)36(35-38(42)43)39(44)40-32-30-33-41(3)4/h17-18,36-37H,5-16,19-35H2,1-4H3,(H,40,44)/b18-17-/t36-,37+/m0/s1. The molecule has 0 aromatic rings. The molecule has 1 N–H and O–H groups in total. The van der Waals surface area contributed by atoms with Crippen LogP contribution < -0.4 is 5.32 Å². The van der Waals surface area contributed by atoms with Crippen LogP contribution in [0.4, 0.5) is 0 Å². The third kappa shape index (κ3) is 21.4. The van der Waals surface area contributed by atoms with Gasteiger partial charge in [0.05, 0.1) is 5.92 Å². The fourth-order valence-electron chi connectivity index (χ4n) is 6.69. The highest BCUT2D eigenvalue weighted by Gasteiger charge is 2.42. The zero-order valence-corrected chi connectivity index (χ0v) is 30.0. The van der Waals surface area contributed by atoms with Crippen LogP contribution in [0.3, 0.4) is 0 Å². The highest BCUT2D eigenvalue weighted by Crippen LogP contribution is 2.30. The molecular weight excluding hydrogens is 542 g/mol. The molecule has 0 aromatic carbocycles. The maximum atomic E-state index is 13.2. The number of likely N-dealkylation sites (tertiary alicyclic amines) is 1. The Bertz CT molecular complexity index is 707. The summed E-state index contributed by atoms with van der Waals surface area (Å²) in [6.45, 7) is 7.04. The second-order valence-corrected chi connectivity index (χ2v) is 14.0. The molecule has 0 unspecified atom stereocenters. The highest BCUT2D eigenvalue weighted by atomic mass is 16.2. The number of nitrogens with zero attached hydrogens (tertiary/aromatic N) is 2. The zero-order valence-electron chi connectivity index (χ0n) is 30.0. The largest absolute Gasteiger partial charge is 0.356 e. The van der Waals surface area contributed by atoms with Crippen molar-refractivity contribution in [3.05, 3.63) is 12.2 Å². The number of carbonyl (C=O) groups excluding carboxylic acids is 2. The van der Waals surface area contributed by atoms with E-state index in [9.17, 15) is 9.59 Å². The molecule has 0 radical (unpaired) electrons. The lowest BCUT2D eigenvalue weighted by molar-refractivity contribution is -0.129. The highest BCUT2D eigenvalue weighted by molar-refractivity contribution is 5.90. The molecule has 1 rings (SSSR count). The predicted octanol–water partition coefficient (Wildman–Crippen LogP) is 10.2. The van der Waals surface area contributed by atoms with E-state index in [2.05, 4.69) is 55.2 Å². The van der Waals surface area contributed by atoms with E-state index in [-0.39, 0.29) is 23.8 Å². The van der Waals surface area contributed by atoms with Gasteiger partial charge in [-0.25, -0.2) is 0 Å². The van der Waals surface area contributed by atoms with Gasteiger partial charge in [0.2, 0.25) is 11.8 Å². The minimum Gasteiger partial charge on any atom is -0.356 e. The van der Waals surface area contributed by atoms with Gasteiger partial charge in [-0.15, -0.1) is 0 Å². The van der Waals surface area contributed by atoms with Gasteiger partial charge in [-0.1, -0.05) is 142 Å². The van der Waals surface area contributed by atoms with E-state index in [4.69, 9.17) is 0 Å². The van der Waals surface area contributed by atoms with Crippen LogP contribution in [-0.2, 0) is 9.59 Å². The molecule has 0 aliphatic carbocycles. The summed E-state index contributed by atoms with van der Waals surface area (Å²) in [4.78, 5) is 30.5. The Hall–Kier alpha value is -1.36. The summed E-state index contributed by atoms with van der Waals surface area (Å²) < 4.78 is 0. The van der Waals surface area contributed by atoms with Crippen LogP contribution in [0.25, 0.3) is 0 Å². The summed E-state index contributed by atoms with van der Waals surface area (Å²) in [5.74, 6) is 0.124. The van der Waals surface area contributed by atoms with Gasteiger partial charge in [-0.2, -0.15) is 0 Å². The number of rotatable bonds is 31. The van der Waals surface area contributed by atoms with E-state index < -0.39 is 0 Å². The van der Waals surface area contributed by atoms with Gasteiger partial charge in [0.15, 0.2) is 0 Å². The van der Waals surface area contributed by atoms with Gasteiger partial charge in [-0.05, 0) is 65.6 Å². The maximum absolute atomic E-state index is 13.2. The Morgan fingerprint density at radius 2 is 1.18 bits per heavy atom. The normalized spacial score (nSPS) is 17.0. The summed E-state index contributed by atoms with van der Waals surface area (Å²) in [7, 11) is 4.12. The monoisotopic (exact) mass is 618 g/mol. The molecule has 1 saturated heterocycles. The van der Waals surface area contributed by atoms with Crippen LogP contribution in [0.5, 0.6) is 0 Å². The molecule has 258 valence electrons.